The largest absolute Gasteiger partial charge is 0.402 e. The van der Waals surface area contributed by atoms with E-state index in [1.807, 2.05) is 60.5 Å². The third-order valence-electron chi connectivity index (χ3n) is 5.32. The monoisotopic (exact) mass is 414 g/mol. The Morgan fingerprint density at radius 1 is 1.16 bits per heavy atom. The number of esters is 1. The van der Waals surface area contributed by atoms with Crippen molar-refractivity contribution in [1.29, 1.82) is 5.26 Å². The molecule has 0 unspecified atom stereocenters. The number of ether oxygens (including phenoxy) is 1. The number of amides is 1. The first-order valence-electron chi connectivity index (χ1n) is 10.2. The Morgan fingerprint density at radius 3 is 2.55 bits per heavy atom. The van der Waals surface area contributed by atoms with E-state index in [-0.39, 0.29) is 17.5 Å². The van der Waals surface area contributed by atoms with Crippen LogP contribution < -0.4 is 9.80 Å². The molecule has 4 rings (SSSR count). The zero-order valence-corrected chi connectivity index (χ0v) is 17.2. The van der Waals surface area contributed by atoms with E-state index in [2.05, 4.69) is 11.1 Å². The van der Waals surface area contributed by atoms with Gasteiger partial charge in [0.1, 0.15) is 0 Å². The number of hydrogen-bond donors (Lipinski definition) is 0. The summed E-state index contributed by atoms with van der Waals surface area (Å²) < 4.78 is 5.35. The van der Waals surface area contributed by atoms with Gasteiger partial charge in [0.2, 0.25) is 11.8 Å². The van der Waals surface area contributed by atoms with Crippen molar-refractivity contribution < 1.29 is 14.3 Å². The number of nitriles is 1. The van der Waals surface area contributed by atoms with Crippen molar-refractivity contribution >= 4 is 35.2 Å². The van der Waals surface area contributed by atoms with Crippen LogP contribution >= 0.6 is 0 Å². The van der Waals surface area contributed by atoms with Crippen LogP contribution in [0.25, 0.3) is 6.08 Å². The lowest BCUT2D eigenvalue weighted by molar-refractivity contribution is -0.130. The Bertz CT molecular complexity index is 1100. The lowest BCUT2D eigenvalue weighted by Crippen LogP contribution is -2.23. The lowest BCUT2D eigenvalue weighted by atomic mass is 10.1. The van der Waals surface area contributed by atoms with Crippen molar-refractivity contribution in [3.8, 4) is 6.07 Å². The summed E-state index contributed by atoms with van der Waals surface area (Å²) in [6.07, 6.45) is 3.60. The number of cyclic esters (lactones) is 1. The molecule has 2 aromatic rings. The van der Waals surface area contributed by atoms with E-state index in [4.69, 9.17) is 10.00 Å². The van der Waals surface area contributed by atoms with Gasteiger partial charge in [0, 0.05) is 43.5 Å². The van der Waals surface area contributed by atoms with Crippen LogP contribution in [0.15, 0.2) is 59.2 Å². The van der Waals surface area contributed by atoms with Crippen LogP contribution in [0, 0.1) is 11.3 Å². The number of anilines is 2. The topological polar surface area (TPSA) is 86.0 Å². The minimum Gasteiger partial charge on any atom is -0.402 e. The summed E-state index contributed by atoms with van der Waals surface area (Å²) in [6.45, 7) is 1.38. The molecule has 156 valence electrons. The van der Waals surface area contributed by atoms with Gasteiger partial charge in [-0.1, -0.05) is 12.1 Å². The molecular weight excluding hydrogens is 392 g/mol. The van der Waals surface area contributed by atoms with Crippen molar-refractivity contribution in [3.63, 3.8) is 0 Å². The molecule has 1 amide bonds. The first-order valence-corrected chi connectivity index (χ1v) is 10.2. The van der Waals surface area contributed by atoms with Gasteiger partial charge in [-0.25, -0.2) is 9.79 Å². The third-order valence-corrected chi connectivity index (χ3v) is 5.32. The van der Waals surface area contributed by atoms with E-state index in [0.717, 1.165) is 29.9 Å². The third kappa shape index (κ3) is 4.48. The minimum absolute atomic E-state index is 0.130. The molecule has 0 aliphatic carbocycles. The van der Waals surface area contributed by atoms with Crippen molar-refractivity contribution in [2.24, 2.45) is 4.99 Å². The first kappa shape index (κ1) is 20.4. The van der Waals surface area contributed by atoms with Crippen molar-refractivity contribution in [2.45, 2.75) is 19.3 Å². The number of rotatable bonds is 6. The highest BCUT2D eigenvalue weighted by molar-refractivity contribution is 6.13. The molecule has 0 aromatic heterocycles. The van der Waals surface area contributed by atoms with E-state index >= 15 is 0 Å². The van der Waals surface area contributed by atoms with E-state index in [1.165, 1.54) is 0 Å². The zero-order valence-electron chi connectivity index (χ0n) is 17.2. The second-order valence-corrected chi connectivity index (χ2v) is 7.45. The molecule has 1 saturated heterocycles. The Labute approximate surface area is 180 Å². The van der Waals surface area contributed by atoms with E-state index in [1.54, 1.807) is 11.0 Å². The van der Waals surface area contributed by atoms with Gasteiger partial charge in [-0.2, -0.15) is 5.26 Å². The average molecular weight is 414 g/mol. The van der Waals surface area contributed by atoms with Gasteiger partial charge in [0.25, 0.3) is 0 Å². The Hall–Kier alpha value is -3.92. The zero-order chi connectivity index (χ0) is 21.8. The fourth-order valence-electron chi connectivity index (χ4n) is 3.57. The van der Waals surface area contributed by atoms with Crippen LogP contribution in [0.5, 0.6) is 0 Å². The quantitative estimate of drug-likeness (QED) is 0.533. The van der Waals surface area contributed by atoms with E-state index < -0.39 is 5.97 Å². The molecule has 0 spiro atoms. The van der Waals surface area contributed by atoms with Gasteiger partial charge in [0.05, 0.1) is 12.5 Å². The number of carbonyl (C=O) groups excluding carboxylic acids is 2. The fourth-order valence-corrected chi connectivity index (χ4v) is 3.57. The van der Waals surface area contributed by atoms with Gasteiger partial charge in [0.15, 0.2) is 5.70 Å². The Kier molecular flexibility index (Phi) is 5.80. The first-order chi connectivity index (χ1) is 15.0. The number of benzene rings is 2. The fraction of sp³-hybridized carbons (Fsp3) is 0.250. The smallest absolute Gasteiger partial charge is 0.363 e. The molecular formula is C24H22N4O3. The second kappa shape index (κ2) is 8.84. The molecule has 7 heteroatoms. The van der Waals surface area contributed by atoms with Gasteiger partial charge < -0.3 is 14.5 Å². The SMILES string of the molecule is CN(CCC#N)c1ccc(/C=C2\N=C(c3ccc(N4CCCC4=O)cc3)OC2=O)cc1. The molecule has 0 atom stereocenters. The van der Waals surface area contributed by atoms with Crippen LogP contribution in [0.4, 0.5) is 11.4 Å². The predicted octanol–water partition coefficient (Wildman–Crippen LogP) is 3.51. The molecule has 2 aliphatic heterocycles. The van der Waals surface area contributed by atoms with Gasteiger partial charge in [-0.05, 0) is 54.5 Å². The number of nitrogens with zero attached hydrogens (tertiary/aromatic N) is 4. The van der Waals surface area contributed by atoms with Crippen LogP contribution in [0.2, 0.25) is 0 Å². The normalized spacial score (nSPS) is 17.0. The average Bonchev–Trinajstić information content (AvgIpc) is 3.38. The number of aliphatic imine (C=N–C) groups is 1. The maximum atomic E-state index is 12.3. The summed E-state index contributed by atoms with van der Waals surface area (Å²) in [5.41, 5.74) is 3.58. The van der Waals surface area contributed by atoms with Crippen LogP contribution in [-0.2, 0) is 14.3 Å². The molecule has 31 heavy (non-hydrogen) atoms. The van der Waals surface area contributed by atoms with Crippen molar-refractivity contribution in [1.82, 2.24) is 0 Å². The molecule has 1 fully saturated rings. The molecule has 0 N–H and O–H groups in total. The van der Waals surface area contributed by atoms with Crippen molar-refractivity contribution in [2.75, 3.05) is 29.9 Å². The summed E-state index contributed by atoms with van der Waals surface area (Å²) in [5, 5.41) is 8.71. The van der Waals surface area contributed by atoms with Gasteiger partial charge in [-0.15, -0.1) is 0 Å². The predicted molar refractivity (Wildman–Crippen MR) is 119 cm³/mol. The molecule has 0 radical (unpaired) electrons. The van der Waals surface area contributed by atoms with Crippen molar-refractivity contribution in [3.05, 3.63) is 65.4 Å². The van der Waals surface area contributed by atoms with Crippen LogP contribution in [0.3, 0.4) is 0 Å². The molecule has 2 aromatic carbocycles. The summed E-state index contributed by atoms with van der Waals surface area (Å²) >= 11 is 0. The summed E-state index contributed by atoms with van der Waals surface area (Å²) in [4.78, 5) is 32.3. The maximum Gasteiger partial charge on any atom is 0.363 e. The molecule has 0 bridgehead atoms. The summed E-state index contributed by atoms with van der Waals surface area (Å²) in [6, 6.07) is 17.1. The lowest BCUT2D eigenvalue weighted by Gasteiger charge is -2.17. The number of carbonyl (C=O) groups is 2. The second-order valence-electron chi connectivity index (χ2n) is 7.45. The van der Waals surface area contributed by atoms with Crippen LogP contribution in [-0.4, -0.2) is 37.9 Å². The number of hydrogen-bond acceptors (Lipinski definition) is 6. The highest BCUT2D eigenvalue weighted by Crippen LogP contribution is 2.24. The Morgan fingerprint density at radius 2 is 1.90 bits per heavy atom. The van der Waals surface area contributed by atoms with E-state index in [0.29, 0.717) is 24.9 Å². The molecule has 2 heterocycles. The van der Waals surface area contributed by atoms with Gasteiger partial charge >= 0.3 is 5.97 Å². The summed E-state index contributed by atoms with van der Waals surface area (Å²) in [7, 11) is 1.93. The molecule has 0 saturated carbocycles. The minimum atomic E-state index is -0.496. The Balaban J connectivity index is 1.48. The highest BCUT2D eigenvalue weighted by atomic mass is 16.6. The van der Waals surface area contributed by atoms with E-state index in [9.17, 15) is 9.59 Å². The highest BCUT2D eigenvalue weighted by Gasteiger charge is 2.25. The van der Waals surface area contributed by atoms with Crippen LogP contribution in [0.1, 0.15) is 30.4 Å². The van der Waals surface area contributed by atoms with Gasteiger partial charge in [-0.3, -0.25) is 4.79 Å². The summed E-state index contributed by atoms with van der Waals surface area (Å²) in [5.74, 6) is -0.114. The maximum absolute atomic E-state index is 12.3. The molecule has 7 nitrogen and oxygen atoms in total. The molecule has 2 aliphatic rings. The standard InChI is InChI=1S/C24H22N4O3/c1-27(14-3-13-25)19-9-5-17(6-10-19)16-21-24(30)31-23(26-21)18-7-11-20(12-8-18)28-15-2-4-22(28)29/h5-12,16H,2-4,14-15H2,1H3/b21-16-.